The van der Waals surface area contributed by atoms with Gasteiger partial charge in [-0.3, -0.25) is 14.5 Å². The second-order valence-corrected chi connectivity index (χ2v) is 4.69. The van der Waals surface area contributed by atoms with Crippen molar-refractivity contribution in [3.05, 3.63) is 48.0 Å². The van der Waals surface area contributed by atoms with Crippen molar-refractivity contribution in [2.75, 3.05) is 0 Å². The fraction of sp³-hybridized carbons (Fsp3) is 0.250. The molecule has 0 aromatic heterocycles. The van der Waals surface area contributed by atoms with E-state index in [1.165, 1.54) is 18.7 Å². The maximum Gasteiger partial charge on any atom is 0.226 e. The van der Waals surface area contributed by atoms with E-state index in [0.717, 1.165) is 16.3 Å². The molecule has 2 aromatic rings. The number of imide groups is 1. The van der Waals surface area contributed by atoms with Gasteiger partial charge < -0.3 is 0 Å². The van der Waals surface area contributed by atoms with Crippen LogP contribution >= 0.6 is 0 Å². The lowest BCUT2D eigenvalue weighted by molar-refractivity contribution is -0.144. The molecule has 0 radical (unpaired) electrons. The van der Waals surface area contributed by atoms with E-state index in [1.807, 2.05) is 49.4 Å². The predicted octanol–water partition coefficient (Wildman–Crippen LogP) is 3.30. The van der Waals surface area contributed by atoms with Gasteiger partial charge in [-0.1, -0.05) is 36.4 Å². The van der Waals surface area contributed by atoms with Crippen molar-refractivity contribution in [2.45, 2.75) is 26.8 Å². The number of benzene rings is 2. The molecule has 3 nitrogen and oxygen atoms in total. The Labute approximate surface area is 112 Å². The zero-order valence-corrected chi connectivity index (χ0v) is 11.4. The van der Waals surface area contributed by atoms with Crippen LogP contribution in [0.3, 0.4) is 0 Å². The van der Waals surface area contributed by atoms with Gasteiger partial charge in [0, 0.05) is 13.8 Å². The lowest BCUT2D eigenvalue weighted by Crippen LogP contribution is -2.35. The molecule has 0 aliphatic rings. The first-order valence-electron chi connectivity index (χ1n) is 6.30. The number of carbonyl (C=O) groups is 2. The van der Waals surface area contributed by atoms with Gasteiger partial charge in [0.25, 0.3) is 0 Å². The molecular weight excluding hydrogens is 238 g/mol. The minimum absolute atomic E-state index is 0.229. The van der Waals surface area contributed by atoms with E-state index in [4.69, 9.17) is 0 Å². The largest absolute Gasteiger partial charge is 0.276 e. The van der Waals surface area contributed by atoms with Crippen LogP contribution in [0.2, 0.25) is 0 Å². The Hall–Kier alpha value is -2.16. The van der Waals surface area contributed by atoms with E-state index < -0.39 is 0 Å². The molecule has 2 amide bonds. The van der Waals surface area contributed by atoms with Gasteiger partial charge in [-0.15, -0.1) is 0 Å². The Bertz CT molecular complexity index is 619. The van der Waals surface area contributed by atoms with Crippen LogP contribution in [0.15, 0.2) is 42.5 Å². The molecule has 0 aliphatic carbocycles. The first kappa shape index (κ1) is 13.3. The highest BCUT2D eigenvalue weighted by Gasteiger charge is 2.22. The zero-order valence-electron chi connectivity index (χ0n) is 11.4. The molecule has 0 aliphatic heterocycles. The van der Waals surface area contributed by atoms with E-state index in [-0.39, 0.29) is 17.9 Å². The molecule has 0 N–H and O–H groups in total. The summed E-state index contributed by atoms with van der Waals surface area (Å²) < 4.78 is 0. The van der Waals surface area contributed by atoms with E-state index in [1.54, 1.807) is 0 Å². The summed E-state index contributed by atoms with van der Waals surface area (Å²) in [7, 11) is 0. The average molecular weight is 255 g/mol. The highest BCUT2D eigenvalue weighted by Crippen LogP contribution is 2.24. The van der Waals surface area contributed by atoms with Crippen LogP contribution in [0, 0.1) is 0 Å². The van der Waals surface area contributed by atoms with Gasteiger partial charge >= 0.3 is 0 Å². The normalized spacial score (nSPS) is 12.2. The van der Waals surface area contributed by atoms with Gasteiger partial charge in [-0.25, -0.2) is 0 Å². The minimum Gasteiger partial charge on any atom is -0.276 e. The van der Waals surface area contributed by atoms with Crippen molar-refractivity contribution in [1.29, 1.82) is 0 Å². The molecule has 98 valence electrons. The molecule has 0 bridgehead atoms. The third kappa shape index (κ3) is 2.65. The Morgan fingerprint density at radius 3 is 2.11 bits per heavy atom. The second-order valence-electron chi connectivity index (χ2n) is 4.69. The molecule has 19 heavy (non-hydrogen) atoms. The van der Waals surface area contributed by atoms with Crippen molar-refractivity contribution in [3.8, 4) is 0 Å². The maximum absolute atomic E-state index is 11.6. The fourth-order valence-corrected chi connectivity index (χ4v) is 2.38. The molecule has 0 fully saturated rings. The van der Waals surface area contributed by atoms with Crippen LogP contribution < -0.4 is 0 Å². The van der Waals surface area contributed by atoms with Gasteiger partial charge in [-0.05, 0) is 29.3 Å². The lowest BCUT2D eigenvalue weighted by atomic mass is 10.0. The fourth-order valence-electron chi connectivity index (χ4n) is 2.38. The standard InChI is InChI=1S/C16H17NO2/c1-11(17(12(2)18)13(3)19)15-9-8-14-6-4-5-7-16(14)10-15/h4-11H,1-3H3/t11-/m1/s1. The first-order valence-corrected chi connectivity index (χ1v) is 6.30. The SMILES string of the molecule is CC(=O)N(C(C)=O)[C@H](C)c1ccc2ccccc2c1. The van der Waals surface area contributed by atoms with Crippen LogP contribution in [0.4, 0.5) is 0 Å². The first-order chi connectivity index (χ1) is 9.00. The molecule has 0 saturated heterocycles. The molecule has 1 atom stereocenters. The summed E-state index contributed by atoms with van der Waals surface area (Å²) >= 11 is 0. The van der Waals surface area contributed by atoms with Gasteiger partial charge in [0.2, 0.25) is 11.8 Å². The topological polar surface area (TPSA) is 37.4 Å². The third-order valence-corrected chi connectivity index (χ3v) is 3.32. The van der Waals surface area contributed by atoms with Gasteiger partial charge in [0.1, 0.15) is 0 Å². The minimum atomic E-state index is -0.250. The molecule has 2 rings (SSSR count). The van der Waals surface area contributed by atoms with E-state index >= 15 is 0 Å². The van der Waals surface area contributed by atoms with E-state index in [0.29, 0.717) is 0 Å². The highest BCUT2D eigenvalue weighted by atomic mass is 16.2. The second kappa shape index (κ2) is 5.22. The molecule has 0 unspecified atom stereocenters. The number of rotatable bonds is 2. The van der Waals surface area contributed by atoms with Crippen molar-refractivity contribution in [2.24, 2.45) is 0 Å². The summed E-state index contributed by atoms with van der Waals surface area (Å²) in [5, 5.41) is 2.26. The van der Waals surface area contributed by atoms with Crippen LogP contribution in [0.1, 0.15) is 32.4 Å². The summed E-state index contributed by atoms with van der Waals surface area (Å²) in [6, 6.07) is 13.8. The number of hydrogen-bond donors (Lipinski definition) is 0. The summed E-state index contributed by atoms with van der Waals surface area (Å²) in [6.45, 7) is 4.70. The summed E-state index contributed by atoms with van der Waals surface area (Å²) in [5.74, 6) is -0.457. The average Bonchev–Trinajstić information content (AvgIpc) is 2.37. The molecule has 0 spiro atoms. The Kier molecular flexibility index (Phi) is 3.65. The molecule has 0 saturated carbocycles. The highest BCUT2D eigenvalue weighted by molar-refractivity contribution is 5.93. The molecule has 0 heterocycles. The van der Waals surface area contributed by atoms with Gasteiger partial charge in [0.15, 0.2) is 0 Å². The third-order valence-electron chi connectivity index (χ3n) is 3.32. The molecular formula is C16H17NO2. The quantitative estimate of drug-likeness (QED) is 0.825. The van der Waals surface area contributed by atoms with Crippen LogP contribution in [0.25, 0.3) is 10.8 Å². The number of hydrogen-bond acceptors (Lipinski definition) is 2. The van der Waals surface area contributed by atoms with Crippen molar-refractivity contribution >= 4 is 22.6 Å². The number of fused-ring (bicyclic) bond motifs is 1. The lowest BCUT2D eigenvalue weighted by Gasteiger charge is -2.25. The number of amides is 2. The van der Waals surface area contributed by atoms with Crippen LogP contribution in [-0.4, -0.2) is 16.7 Å². The smallest absolute Gasteiger partial charge is 0.226 e. The summed E-state index contributed by atoms with van der Waals surface area (Å²) in [5.41, 5.74) is 0.962. The van der Waals surface area contributed by atoms with Crippen molar-refractivity contribution in [3.63, 3.8) is 0 Å². The van der Waals surface area contributed by atoms with Crippen LogP contribution in [0.5, 0.6) is 0 Å². The van der Waals surface area contributed by atoms with Gasteiger partial charge in [0.05, 0.1) is 6.04 Å². The van der Waals surface area contributed by atoms with Crippen LogP contribution in [-0.2, 0) is 9.59 Å². The van der Waals surface area contributed by atoms with Gasteiger partial charge in [-0.2, -0.15) is 0 Å². The van der Waals surface area contributed by atoms with E-state index in [9.17, 15) is 9.59 Å². The molecule has 3 heteroatoms. The van der Waals surface area contributed by atoms with Crippen molar-refractivity contribution in [1.82, 2.24) is 4.90 Å². The maximum atomic E-state index is 11.6. The Morgan fingerprint density at radius 1 is 0.947 bits per heavy atom. The zero-order chi connectivity index (χ0) is 14.0. The van der Waals surface area contributed by atoms with Crippen molar-refractivity contribution < 1.29 is 9.59 Å². The Morgan fingerprint density at radius 2 is 1.53 bits per heavy atom. The Balaban J connectivity index is 2.42. The monoisotopic (exact) mass is 255 g/mol. The summed E-state index contributed by atoms with van der Waals surface area (Å²) in [4.78, 5) is 24.4. The van der Waals surface area contributed by atoms with E-state index in [2.05, 4.69) is 0 Å². The number of nitrogens with zero attached hydrogens (tertiary/aromatic N) is 1. The summed E-state index contributed by atoms with van der Waals surface area (Å²) in [6.07, 6.45) is 0. The molecule has 2 aromatic carbocycles. The predicted molar refractivity (Wildman–Crippen MR) is 75.6 cm³/mol. The number of carbonyl (C=O) groups excluding carboxylic acids is 2.